The van der Waals surface area contributed by atoms with Gasteiger partial charge >= 0.3 is 0 Å². The largest absolute Gasteiger partial charge is 0.367 e. The highest BCUT2D eigenvalue weighted by Gasteiger charge is 2.24. The maximum Gasteiger partial charge on any atom is 0.271 e. The van der Waals surface area contributed by atoms with Crippen LogP contribution in [-0.2, 0) is 0 Å². The Labute approximate surface area is 145 Å². The van der Waals surface area contributed by atoms with Crippen molar-refractivity contribution in [3.8, 4) is 6.07 Å². The molecule has 1 aromatic carbocycles. The third kappa shape index (κ3) is 3.91. The van der Waals surface area contributed by atoms with Gasteiger partial charge < -0.3 is 10.2 Å². The van der Waals surface area contributed by atoms with E-state index in [1.54, 1.807) is 25.3 Å². The Bertz CT molecular complexity index is 815. The molecule has 1 fully saturated rings. The number of carbonyl (C=O) groups excluding carboxylic acids is 1. The highest BCUT2D eigenvalue weighted by molar-refractivity contribution is 5.92. The zero-order valence-corrected chi connectivity index (χ0v) is 13.9. The lowest BCUT2D eigenvalue weighted by Gasteiger charge is -2.34. The van der Waals surface area contributed by atoms with Gasteiger partial charge in [-0.1, -0.05) is 0 Å². The molecule has 0 unspecified atom stereocenters. The lowest BCUT2D eigenvalue weighted by Crippen LogP contribution is -2.48. The normalized spacial score (nSPS) is 17.0. The second kappa shape index (κ2) is 7.26. The number of nitrogens with zero attached hydrogens (tertiary/aromatic N) is 4. The maximum absolute atomic E-state index is 14.2. The standard InChI is InChI=1S/C18H18FN5O/c1-12-9-22-16(10-21-12)18(25)23-14-3-2-6-24(11-14)17-5-4-13(8-20)7-15(17)19/h4-5,7,9-10,14H,2-3,6,11H2,1H3,(H,23,25)/t14-/m1/s1. The van der Waals surface area contributed by atoms with Gasteiger partial charge in [0.05, 0.1) is 29.2 Å². The number of amides is 1. The van der Waals surface area contributed by atoms with Gasteiger partial charge in [0.25, 0.3) is 5.91 Å². The molecule has 1 amide bonds. The molecule has 3 rings (SSSR count). The van der Waals surface area contributed by atoms with Crippen molar-refractivity contribution in [2.75, 3.05) is 18.0 Å². The molecule has 1 aliphatic rings. The first kappa shape index (κ1) is 16.8. The number of aryl methyl sites for hydroxylation is 1. The van der Waals surface area contributed by atoms with Crippen LogP contribution in [0.1, 0.15) is 34.6 Å². The van der Waals surface area contributed by atoms with Gasteiger partial charge in [0.2, 0.25) is 0 Å². The van der Waals surface area contributed by atoms with E-state index in [4.69, 9.17) is 5.26 Å². The van der Waals surface area contributed by atoms with Crippen molar-refractivity contribution in [3.63, 3.8) is 0 Å². The van der Waals surface area contributed by atoms with Gasteiger partial charge in [0, 0.05) is 25.3 Å². The van der Waals surface area contributed by atoms with Gasteiger partial charge in [-0.05, 0) is 38.0 Å². The van der Waals surface area contributed by atoms with Crippen molar-refractivity contribution < 1.29 is 9.18 Å². The summed E-state index contributed by atoms with van der Waals surface area (Å²) in [6.45, 7) is 3.02. The van der Waals surface area contributed by atoms with Gasteiger partial charge in [0.1, 0.15) is 11.5 Å². The van der Waals surface area contributed by atoms with E-state index in [9.17, 15) is 9.18 Å². The highest BCUT2D eigenvalue weighted by Crippen LogP contribution is 2.24. The van der Waals surface area contributed by atoms with Crippen molar-refractivity contribution in [3.05, 3.63) is 53.4 Å². The van der Waals surface area contributed by atoms with E-state index in [1.807, 2.05) is 11.0 Å². The molecule has 0 saturated carbocycles. The Morgan fingerprint density at radius 3 is 2.92 bits per heavy atom. The fraction of sp³-hybridized carbons (Fsp3) is 0.333. The van der Waals surface area contributed by atoms with Crippen molar-refractivity contribution in [2.45, 2.75) is 25.8 Å². The smallest absolute Gasteiger partial charge is 0.271 e. The Morgan fingerprint density at radius 1 is 1.40 bits per heavy atom. The van der Waals surface area contributed by atoms with Crippen LogP contribution in [0.2, 0.25) is 0 Å². The molecule has 0 radical (unpaired) electrons. The Morgan fingerprint density at radius 2 is 2.24 bits per heavy atom. The summed E-state index contributed by atoms with van der Waals surface area (Å²) in [5.74, 6) is -0.699. The van der Waals surface area contributed by atoms with Gasteiger partial charge in [-0.3, -0.25) is 9.78 Å². The van der Waals surface area contributed by atoms with Gasteiger partial charge in [0.15, 0.2) is 0 Å². The predicted molar refractivity (Wildman–Crippen MR) is 90.6 cm³/mol. The maximum atomic E-state index is 14.2. The first-order valence-electron chi connectivity index (χ1n) is 8.11. The molecular formula is C18H18FN5O. The molecule has 6 nitrogen and oxygen atoms in total. The Balaban J connectivity index is 1.68. The summed E-state index contributed by atoms with van der Waals surface area (Å²) in [4.78, 5) is 22.3. The number of hydrogen-bond acceptors (Lipinski definition) is 5. The van der Waals surface area contributed by atoms with Crippen LogP contribution < -0.4 is 10.2 Å². The second-order valence-corrected chi connectivity index (χ2v) is 6.08. The molecule has 2 aromatic rings. The van der Waals surface area contributed by atoms with E-state index in [0.29, 0.717) is 24.3 Å². The summed E-state index contributed by atoms with van der Waals surface area (Å²) in [5.41, 5.74) is 1.76. The van der Waals surface area contributed by atoms with Crippen molar-refractivity contribution in [1.82, 2.24) is 15.3 Å². The van der Waals surface area contributed by atoms with Gasteiger partial charge in [-0.2, -0.15) is 5.26 Å². The van der Waals surface area contributed by atoms with Crippen molar-refractivity contribution in [2.24, 2.45) is 0 Å². The molecule has 0 aliphatic carbocycles. The van der Waals surface area contributed by atoms with Crippen LogP contribution in [0.5, 0.6) is 0 Å². The minimum Gasteiger partial charge on any atom is -0.367 e. The number of aromatic nitrogens is 2. The summed E-state index contributed by atoms with van der Waals surface area (Å²) >= 11 is 0. The monoisotopic (exact) mass is 339 g/mol. The average Bonchev–Trinajstić information content (AvgIpc) is 2.62. The second-order valence-electron chi connectivity index (χ2n) is 6.08. The summed E-state index contributed by atoms with van der Waals surface area (Å²) < 4.78 is 14.2. The lowest BCUT2D eigenvalue weighted by atomic mass is 10.0. The number of hydrogen-bond donors (Lipinski definition) is 1. The van der Waals surface area contributed by atoms with Crippen molar-refractivity contribution in [1.29, 1.82) is 5.26 Å². The quantitative estimate of drug-likeness (QED) is 0.927. The van der Waals surface area contributed by atoms with Crippen LogP contribution in [0.15, 0.2) is 30.6 Å². The van der Waals surface area contributed by atoms with E-state index >= 15 is 0 Å². The fourth-order valence-electron chi connectivity index (χ4n) is 2.92. The number of piperidine rings is 1. The molecule has 7 heteroatoms. The van der Waals surface area contributed by atoms with Crippen LogP contribution in [0.4, 0.5) is 10.1 Å². The van der Waals surface area contributed by atoms with E-state index in [1.165, 1.54) is 12.3 Å². The van der Waals surface area contributed by atoms with E-state index in [2.05, 4.69) is 15.3 Å². The average molecular weight is 339 g/mol. The molecule has 1 N–H and O–H groups in total. The number of halogens is 1. The number of benzene rings is 1. The molecular weight excluding hydrogens is 321 g/mol. The number of carbonyl (C=O) groups is 1. The Hall–Kier alpha value is -3.01. The fourth-order valence-corrected chi connectivity index (χ4v) is 2.92. The Kier molecular flexibility index (Phi) is 4.89. The van der Waals surface area contributed by atoms with Crippen LogP contribution in [-0.4, -0.2) is 35.0 Å². The molecule has 0 bridgehead atoms. The summed E-state index contributed by atoms with van der Waals surface area (Å²) in [6, 6.07) is 6.28. The first-order valence-corrected chi connectivity index (χ1v) is 8.11. The number of rotatable bonds is 3. The third-order valence-electron chi connectivity index (χ3n) is 4.19. The van der Waals surface area contributed by atoms with Crippen molar-refractivity contribution >= 4 is 11.6 Å². The van der Waals surface area contributed by atoms with Gasteiger partial charge in [-0.25, -0.2) is 9.37 Å². The molecule has 0 spiro atoms. The highest BCUT2D eigenvalue weighted by atomic mass is 19.1. The van der Waals surface area contributed by atoms with Crippen LogP contribution in [0, 0.1) is 24.1 Å². The molecule has 1 saturated heterocycles. The van der Waals surface area contributed by atoms with Crippen LogP contribution >= 0.6 is 0 Å². The van der Waals surface area contributed by atoms with Crippen LogP contribution in [0.25, 0.3) is 0 Å². The number of nitriles is 1. The van der Waals surface area contributed by atoms with Gasteiger partial charge in [-0.15, -0.1) is 0 Å². The number of nitrogens with one attached hydrogen (secondary N) is 1. The summed E-state index contributed by atoms with van der Waals surface area (Å²) in [6.07, 6.45) is 4.66. The molecule has 1 aromatic heterocycles. The summed E-state index contributed by atoms with van der Waals surface area (Å²) in [7, 11) is 0. The minimum atomic E-state index is -0.421. The first-order chi connectivity index (χ1) is 12.1. The third-order valence-corrected chi connectivity index (χ3v) is 4.19. The van der Waals surface area contributed by atoms with Crippen LogP contribution in [0.3, 0.4) is 0 Å². The molecule has 1 atom stereocenters. The SMILES string of the molecule is Cc1cnc(C(=O)N[C@@H]2CCCN(c3ccc(C#N)cc3F)C2)cn1. The lowest BCUT2D eigenvalue weighted by molar-refractivity contribution is 0.0927. The summed E-state index contributed by atoms with van der Waals surface area (Å²) in [5, 5.41) is 11.8. The zero-order valence-electron chi connectivity index (χ0n) is 13.9. The van der Waals surface area contributed by atoms with E-state index in [-0.39, 0.29) is 17.6 Å². The topological polar surface area (TPSA) is 81.9 Å². The molecule has 25 heavy (non-hydrogen) atoms. The number of anilines is 1. The molecule has 2 heterocycles. The van der Waals surface area contributed by atoms with E-state index in [0.717, 1.165) is 18.5 Å². The zero-order chi connectivity index (χ0) is 17.8. The molecule has 128 valence electrons. The predicted octanol–water partition coefficient (Wildman–Crippen LogP) is 2.19. The minimum absolute atomic E-state index is 0.0978. The van der Waals surface area contributed by atoms with E-state index < -0.39 is 5.82 Å². The molecule has 1 aliphatic heterocycles.